The molecule has 0 bridgehead atoms. The molecular weight excluding hydrogens is 302 g/mol. The summed E-state index contributed by atoms with van der Waals surface area (Å²) in [5.41, 5.74) is 1.11. The Bertz CT molecular complexity index is 507. The number of amides is 2. The molecule has 2 amide bonds. The summed E-state index contributed by atoms with van der Waals surface area (Å²) in [6, 6.07) is 8.46. The quantitative estimate of drug-likeness (QED) is 0.719. The maximum absolute atomic E-state index is 11.7. The number of aryl methyl sites for hydroxylation is 1. The number of para-hydroxylation sites is 1. The van der Waals surface area contributed by atoms with E-state index in [1.807, 2.05) is 31.2 Å². The highest BCUT2D eigenvalue weighted by Gasteiger charge is 2.17. The number of likely N-dealkylation sites (tertiary alicyclic amines) is 1. The predicted octanol–water partition coefficient (Wildman–Crippen LogP) is 2.94. The van der Waals surface area contributed by atoms with Gasteiger partial charge in [0.1, 0.15) is 12.4 Å². The molecule has 5 nitrogen and oxygen atoms in total. The minimum absolute atomic E-state index is 0.116. The first-order valence-corrected chi connectivity index (χ1v) is 9.11. The minimum Gasteiger partial charge on any atom is -0.491 e. The van der Waals surface area contributed by atoms with Gasteiger partial charge in [0.15, 0.2) is 0 Å². The molecule has 1 aliphatic rings. The number of hydrogen-bond acceptors (Lipinski definition) is 3. The molecule has 134 valence electrons. The Kier molecular flexibility index (Phi) is 7.89. The van der Waals surface area contributed by atoms with Gasteiger partial charge in [0.25, 0.3) is 0 Å². The zero-order valence-corrected chi connectivity index (χ0v) is 15.0. The van der Waals surface area contributed by atoms with E-state index >= 15 is 0 Å². The molecule has 24 heavy (non-hydrogen) atoms. The molecule has 0 saturated carbocycles. The van der Waals surface area contributed by atoms with E-state index in [0.29, 0.717) is 25.7 Å². The number of benzene rings is 1. The van der Waals surface area contributed by atoms with Gasteiger partial charge >= 0.3 is 6.03 Å². The first-order valence-electron chi connectivity index (χ1n) is 9.11. The number of piperidine rings is 1. The topological polar surface area (TPSA) is 53.6 Å². The third kappa shape index (κ3) is 6.40. The fraction of sp³-hybridized carbons (Fsp3) is 0.632. The molecule has 1 aromatic rings. The molecular formula is C19H31N3O2. The number of carbonyl (C=O) groups is 1. The van der Waals surface area contributed by atoms with Crippen molar-refractivity contribution in [3.63, 3.8) is 0 Å². The van der Waals surface area contributed by atoms with E-state index in [4.69, 9.17) is 4.74 Å². The molecule has 0 radical (unpaired) electrons. The number of ether oxygens (including phenoxy) is 1. The SMILES string of the molecule is Cc1ccccc1OCCNC(=O)NCCCN1CCCCC1C. The Morgan fingerprint density at radius 2 is 2.04 bits per heavy atom. The summed E-state index contributed by atoms with van der Waals surface area (Å²) in [4.78, 5) is 14.3. The van der Waals surface area contributed by atoms with E-state index < -0.39 is 0 Å². The zero-order valence-electron chi connectivity index (χ0n) is 15.0. The third-order valence-corrected chi connectivity index (χ3v) is 4.59. The van der Waals surface area contributed by atoms with E-state index in [1.54, 1.807) is 0 Å². The van der Waals surface area contributed by atoms with Crippen LogP contribution in [0.1, 0.15) is 38.2 Å². The van der Waals surface area contributed by atoms with E-state index in [1.165, 1.54) is 25.8 Å². The Morgan fingerprint density at radius 1 is 1.25 bits per heavy atom. The zero-order chi connectivity index (χ0) is 17.2. The van der Waals surface area contributed by atoms with Crippen molar-refractivity contribution < 1.29 is 9.53 Å². The maximum atomic E-state index is 11.7. The van der Waals surface area contributed by atoms with Gasteiger partial charge in [0.05, 0.1) is 6.54 Å². The van der Waals surface area contributed by atoms with E-state index in [0.717, 1.165) is 24.3 Å². The van der Waals surface area contributed by atoms with Crippen LogP contribution in [0, 0.1) is 6.92 Å². The van der Waals surface area contributed by atoms with Gasteiger partial charge in [0, 0.05) is 19.1 Å². The summed E-state index contributed by atoms with van der Waals surface area (Å²) in [6.07, 6.45) is 4.95. The Balaban J connectivity index is 1.50. The molecule has 1 fully saturated rings. The fourth-order valence-electron chi connectivity index (χ4n) is 3.08. The number of carbonyl (C=O) groups excluding carboxylic acids is 1. The Hall–Kier alpha value is -1.75. The van der Waals surface area contributed by atoms with Crippen molar-refractivity contribution >= 4 is 6.03 Å². The van der Waals surface area contributed by atoms with Crippen molar-refractivity contribution in [2.24, 2.45) is 0 Å². The normalized spacial score (nSPS) is 18.2. The Morgan fingerprint density at radius 3 is 2.83 bits per heavy atom. The van der Waals surface area contributed by atoms with Crippen molar-refractivity contribution in [2.75, 3.05) is 32.8 Å². The fourth-order valence-corrected chi connectivity index (χ4v) is 3.08. The Labute approximate surface area is 145 Å². The van der Waals surface area contributed by atoms with E-state index in [2.05, 4.69) is 22.5 Å². The number of urea groups is 1. The smallest absolute Gasteiger partial charge is 0.314 e. The number of rotatable bonds is 8. The lowest BCUT2D eigenvalue weighted by atomic mass is 10.0. The molecule has 1 aromatic carbocycles. The highest BCUT2D eigenvalue weighted by Crippen LogP contribution is 2.16. The largest absolute Gasteiger partial charge is 0.491 e. The number of nitrogens with zero attached hydrogens (tertiary/aromatic N) is 1. The van der Waals surface area contributed by atoms with Crippen LogP contribution in [0.4, 0.5) is 4.79 Å². The molecule has 2 rings (SSSR count). The van der Waals surface area contributed by atoms with Crippen molar-refractivity contribution in [3.8, 4) is 5.75 Å². The first kappa shape index (κ1) is 18.6. The van der Waals surface area contributed by atoms with Crippen molar-refractivity contribution in [1.29, 1.82) is 0 Å². The van der Waals surface area contributed by atoms with Gasteiger partial charge in [-0.1, -0.05) is 24.6 Å². The van der Waals surface area contributed by atoms with Gasteiger partial charge in [-0.2, -0.15) is 0 Å². The van der Waals surface area contributed by atoms with E-state index in [-0.39, 0.29) is 6.03 Å². The monoisotopic (exact) mass is 333 g/mol. The van der Waals surface area contributed by atoms with Crippen LogP contribution in [0.25, 0.3) is 0 Å². The summed E-state index contributed by atoms with van der Waals surface area (Å²) in [5.74, 6) is 0.871. The van der Waals surface area contributed by atoms with Crippen LogP contribution in [-0.2, 0) is 0 Å². The van der Waals surface area contributed by atoms with Crippen LogP contribution >= 0.6 is 0 Å². The van der Waals surface area contributed by atoms with Gasteiger partial charge in [-0.15, -0.1) is 0 Å². The average molecular weight is 333 g/mol. The summed E-state index contributed by atoms with van der Waals surface area (Å²) < 4.78 is 5.65. The van der Waals surface area contributed by atoms with E-state index in [9.17, 15) is 4.79 Å². The molecule has 1 saturated heterocycles. The summed E-state index contributed by atoms with van der Waals surface area (Å²) in [5, 5.41) is 5.75. The van der Waals surface area contributed by atoms with Crippen LogP contribution < -0.4 is 15.4 Å². The summed E-state index contributed by atoms with van der Waals surface area (Å²) >= 11 is 0. The first-order chi connectivity index (χ1) is 11.7. The molecule has 0 aromatic heterocycles. The summed E-state index contributed by atoms with van der Waals surface area (Å²) in [6.45, 7) is 8.27. The maximum Gasteiger partial charge on any atom is 0.314 e. The minimum atomic E-state index is -0.116. The lowest BCUT2D eigenvalue weighted by Crippen LogP contribution is -2.41. The van der Waals surface area contributed by atoms with Crippen molar-refractivity contribution in [1.82, 2.24) is 15.5 Å². The van der Waals surface area contributed by atoms with Crippen LogP contribution in [0.5, 0.6) is 5.75 Å². The molecule has 1 aliphatic heterocycles. The van der Waals surface area contributed by atoms with Gasteiger partial charge in [-0.3, -0.25) is 0 Å². The van der Waals surface area contributed by atoms with Crippen molar-refractivity contribution in [2.45, 2.75) is 45.6 Å². The van der Waals surface area contributed by atoms with Crippen molar-refractivity contribution in [3.05, 3.63) is 29.8 Å². The average Bonchev–Trinajstić information content (AvgIpc) is 2.58. The van der Waals surface area contributed by atoms with Gasteiger partial charge in [-0.25, -0.2) is 4.79 Å². The highest BCUT2D eigenvalue weighted by atomic mass is 16.5. The number of nitrogens with one attached hydrogen (secondary N) is 2. The lowest BCUT2D eigenvalue weighted by Gasteiger charge is -2.33. The number of hydrogen-bond donors (Lipinski definition) is 2. The molecule has 0 aliphatic carbocycles. The molecule has 1 unspecified atom stereocenters. The van der Waals surface area contributed by atoms with Gasteiger partial charge < -0.3 is 20.3 Å². The molecule has 1 heterocycles. The van der Waals surface area contributed by atoms with Gasteiger partial charge in [0.2, 0.25) is 0 Å². The summed E-state index contributed by atoms with van der Waals surface area (Å²) in [7, 11) is 0. The van der Waals surface area contributed by atoms with Crippen LogP contribution in [0.2, 0.25) is 0 Å². The second-order valence-electron chi connectivity index (χ2n) is 6.53. The van der Waals surface area contributed by atoms with Crippen LogP contribution in [-0.4, -0.2) is 49.8 Å². The van der Waals surface area contributed by atoms with Gasteiger partial charge in [-0.05, 0) is 51.3 Å². The second-order valence-corrected chi connectivity index (χ2v) is 6.53. The molecule has 1 atom stereocenters. The van der Waals surface area contributed by atoms with Crippen LogP contribution in [0.15, 0.2) is 24.3 Å². The standard InChI is InChI=1S/C19H31N3O2/c1-16-8-3-4-10-18(16)24-15-12-21-19(23)20-11-7-14-22-13-6-5-9-17(22)2/h3-4,8,10,17H,5-7,9,11-15H2,1-2H3,(H2,20,21,23). The third-order valence-electron chi connectivity index (χ3n) is 4.59. The second kappa shape index (κ2) is 10.2. The lowest BCUT2D eigenvalue weighted by molar-refractivity contribution is 0.159. The van der Waals surface area contributed by atoms with Crippen LogP contribution in [0.3, 0.4) is 0 Å². The molecule has 0 spiro atoms. The highest BCUT2D eigenvalue weighted by molar-refractivity contribution is 5.73. The predicted molar refractivity (Wildman–Crippen MR) is 97.6 cm³/mol. The molecule has 2 N–H and O–H groups in total. The molecule has 5 heteroatoms.